The van der Waals surface area contributed by atoms with Crippen LogP contribution in [0.1, 0.15) is 6.42 Å². The van der Waals surface area contributed by atoms with Crippen molar-refractivity contribution >= 4 is 11.9 Å². The van der Waals surface area contributed by atoms with Crippen molar-refractivity contribution < 1.29 is 14.3 Å². The van der Waals surface area contributed by atoms with Crippen molar-refractivity contribution in [2.24, 2.45) is 11.3 Å². The van der Waals surface area contributed by atoms with Crippen LogP contribution in [0.4, 0.5) is 0 Å². The van der Waals surface area contributed by atoms with Gasteiger partial charge in [0.15, 0.2) is 0 Å². The smallest absolute Gasteiger partial charge is 0.315 e. The number of esters is 1. The van der Waals surface area contributed by atoms with Gasteiger partial charge in [-0.15, -0.1) is 0 Å². The van der Waals surface area contributed by atoms with E-state index in [4.69, 9.17) is 4.74 Å². The maximum Gasteiger partial charge on any atom is 0.315 e. The summed E-state index contributed by atoms with van der Waals surface area (Å²) >= 11 is 0. The first kappa shape index (κ1) is 9.45. The third-order valence-electron chi connectivity index (χ3n) is 3.20. The van der Waals surface area contributed by atoms with Crippen LogP contribution in [-0.2, 0) is 14.3 Å². The van der Waals surface area contributed by atoms with Crippen molar-refractivity contribution in [2.45, 2.75) is 6.42 Å². The van der Waals surface area contributed by atoms with Gasteiger partial charge in [0.2, 0.25) is 5.91 Å². The molecule has 0 spiro atoms. The molecule has 0 aliphatic carbocycles. The zero-order chi connectivity index (χ0) is 10.2. The first-order valence-corrected chi connectivity index (χ1v) is 4.77. The van der Waals surface area contributed by atoms with Crippen LogP contribution >= 0.6 is 0 Å². The number of ether oxygens (including phenoxy) is 1. The van der Waals surface area contributed by atoms with Gasteiger partial charge in [-0.05, 0) is 13.0 Å². The Balaban J connectivity index is 2.29. The molecule has 0 unspecified atom stereocenters. The van der Waals surface area contributed by atoms with E-state index in [1.54, 1.807) is 0 Å². The fraction of sp³-hybridized carbons (Fsp3) is 0.778. The Labute approximate surface area is 82.2 Å². The van der Waals surface area contributed by atoms with Gasteiger partial charge in [0, 0.05) is 13.1 Å². The van der Waals surface area contributed by atoms with Crippen LogP contribution in [0.25, 0.3) is 0 Å². The van der Waals surface area contributed by atoms with E-state index >= 15 is 0 Å². The van der Waals surface area contributed by atoms with Crippen molar-refractivity contribution in [3.8, 4) is 0 Å². The van der Waals surface area contributed by atoms with E-state index in [0.717, 1.165) is 6.54 Å². The predicted octanol–water partition coefficient (Wildman–Crippen LogP) is -1.11. The highest BCUT2D eigenvalue weighted by molar-refractivity contribution is 5.92. The molecular formula is C9H14N2O3. The molecule has 5 nitrogen and oxygen atoms in total. The van der Waals surface area contributed by atoms with Gasteiger partial charge in [-0.25, -0.2) is 0 Å². The van der Waals surface area contributed by atoms with Crippen molar-refractivity contribution in [2.75, 3.05) is 26.7 Å². The molecule has 2 heterocycles. The van der Waals surface area contributed by atoms with Crippen LogP contribution in [-0.4, -0.2) is 38.6 Å². The van der Waals surface area contributed by atoms with E-state index < -0.39 is 5.41 Å². The molecule has 0 radical (unpaired) electrons. The van der Waals surface area contributed by atoms with Gasteiger partial charge in [0.05, 0.1) is 13.0 Å². The summed E-state index contributed by atoms with van der Waals surface area (Å²) in [5.74, 6) is -0.513. The molecule has 2 N–H and O–H groups in total. The van der Waals surface area contributed by atoms with Crippen molar-refractivity contribution in [3.05, 3.63) is 0 Å². The van der Waals surface area contributed by atoms with E-state index in [1.165, 1.54) is 7.11 Å². The van der Waals surface area contributed by atoms with E-state index in [-0.39, 0.29) is 17.8 Å². The maximum atomic E-state index is 11.7. The molecule has 0 saturated carbocycles. The number of hydrogen-bond donors (Lipinski definition) is 2. The summed E-state index contributed by atoms with van der Waals surface area (Å²) in [4.78, 5) is 23.1. The number of fused-ring (bicyclic) bond motifs is 1. The van der Waals surface area contributed by atoms with Crippen LogP contribution in [0.5, 0.6) is 0 Å². The normalized spacial score (nSPS) is 36.1. The van der Waals surface area contributed by atoms with E-state index in [9.17, 15) is 9.59 Å². The summed E-state index contributed by atoms with van der Waals surface area (Å²) in [6.07, 6.45) is 0.709. The van der Waals surface area contributed by atoms with Crippen LogP contribution in [0.3, 0.4) is 0 Å². The molecule has 0 aromatic carbocycles. The van der Waals surface area contributed by atoms with Gasteiger partial charge < -0.3 is 15.4 Å². The quantitative estimate of drug-likeness (QED) is 0.524. The number of methoxy groups -OCH3 is 1. The Bertz CT molecular complexity index is 279. The summed E-state index contributed by atoms with van der Waals surface area (Å²) in [5.41, 5.74) is -0.663. The van der Waals surface area contributed by atoms with Crippen LogP contribution in [0, 0.1) is 11.3 Å². The van der Waals surface area contributed by atoms with Crippen molar-refractivity contribution in [1.29, 1.82) is 0 Å². The second-order valence-corrected chi connectivity index (χ2v) is 3.88. The second-order valence-electron chi connectivity index (χ2n) is 3.88. The highest BCUT2D eigenvalue weighted by Crippen LogP contribution is 2.37. The molecule has 2 atom stereocenters. The molecule has 2 saturated heterocycles. The zero-order valence-corrected chi connectivity index (χ0v) is 8.13. The lowest BCUT2D eigenvalue weighted by Crippen LogP contribution is -2.52. The van der Waals surface area contributed by atoms with Crippen molar-refractivity contribution in [1.82, 2.24) is 10.6 Å². The average molecular weight is 198 g/mol. The molecule has 0 aromatic rings. The summed E-state index contributed by atoms with van der Waals surface area (Å²) in [7, 11) is 1.37. The highest BCUT2D eigenvalue weighted by atomic mass is 16.5. The van der Waals surface area contributed by atoms with E-state index in [1.807, 2.05) is 0 Å². The number of rotatable bonds is 1. The SMILES string of the molecule is COC(=O)[C@@]12CNCC[C@@H]1C(=O)NC2. The van der Waals surface area contributed by atoms with Gasteiger partial charge in [0.25, 0.3) is 0 Å². The van der Waals surface area contributed by atoms with Crippen molar-refractivity contribution in [3.63, 3.8) is 0 Å². The molecule has 2 aliphatic heterocycles. The van der Waals surface area contributed by atoms with Gasteiger partial charge in [-0.3, -0.25) is 9.59 Å². The number of amides is 1. The topological polar surface area (TPSA) is 67.4 Å². The van der Waals surface area contributed by atoms with Crippen LogP contribution in [0.15, 0.2) is 0 Å². The van der Waals surface area contributed by atoms with E-state index in [2.05, 4.69) is 10.6 Å². The van der Waals surface area contributed by atoms with Crippen LogP contribution in [0.2, 0.25) is 0 Å². The Morgan fingerprint density at radius 2 is 2.36 bits per heavy atom. The Hall–Kier alpha value is -1.10. The summed E-state index contributed by atoms with van der Waals surface area (Å²) in [6.45, 7) is 1.72. The zero-order valence-electron chi connectivity index (χ0n) is 8.13. The van der Waals surface area contributed by atoms with E-state index in [0.29, 0.717) is 19.5 Å². The number of carbonyl (C=O) groups is 2. The fourth-order valence-corrected chi connectivity index (χ4v) is 2.38. The summed E-state index contributed by atoms with van der Waals surface area (Å²) < 4.78 is 4.77. The molecule has 2 fully saturated rings. The predicted molar refractivity (Wildman–Crippen MR) is 48.4 cm³/mol. The Kier molecular flexibility index (Phi) is 2.19. The Morgan fingerprint density at radius 1 is 1.57 bits per heavy atom. The third kappa shape index (κ3) is 1.12. The fourth-order valence-electron chi connectivity index (χ4n) is 2.38. The molecule has 2 rings (SSSR count). The largest absolute Gasteiger partial charge is 0.468 e. The average Bonchev–Trinajstić information content (AvgIpc) is 2.57. The lowest BCUT2D eigenvalue weighted by atomic mass is 9.74. The molecule has 5 heteroatoms. The summed E-state index contributed by atoms with van der Waals surface area (Å²) in [6, 6.07) is 0. The number of nitrogens with one attached hydrogen (secondary N) is 2. The Morgan fingerprint density at radius 3 is 3.07 bits per heavy atom. The second kappa shape index (κ2) is 3.24. The minimum Gasteiger partial charge on any atom is -0.468 e. The van der Waals surface area contributed by atoms with Gasteiger partial charge in [0.1, 0.15) is 5.41 Å². The van der Waals surface area contributed by atoms with Gasteiger partial charge >= 0.3 is 5.97 Å². The summed E-state index contributed by atoms with van der Waals surface area (Å²) in [5, 5.41) is 5.88. The lowest BCUT2D eigenvalue weighted by molar-refractivity contribution is -0.156. The minimum atomic E-state index is -0.663. The van der Waals surface area contributed by atoms with Crippen LogP contribution < -0.4 is 10.6 Å². The third-order valence-corrected chi connectivity index (χ3v) is 3.20. The number of piperidine rings is 1. The number of hydrogen-bond acceptors (Lipinski definition) is 4. The molecule has 14 heavy (non-hydrogen) atoms. The maximum absolute atomic E-state index is 11.7. The standard InChI is InChI=1S/C9H14N2O3/c1-14-8(13)9-4-10-3-2-6(9)7(12)11-5-9/h6,10H,2-5H2,1H3,(H,11,12)/t6-,9-/m1/s1. The van der Waals surface area contributed by atoms with Gasteiger partial charge in [-0.2, -0.15) is 0 Å². The first-order chi connectivity index (χ1) is 6.70. The molecular weight excluding hydrogens is 184 g/mol. The minimum absolute atomic E-state index is 0.0168. The number of carbonyl (C=O) groups excluding carboxylic acids is 2. The van der Waals surface area contributed by atoms with Gasteiger partial charge in [-0.1, -0.05) is 0 Å². The first-order valence-electron chi connectivity index (χ1n) is 4.77. The monoisotopic (exact) mass is 198 g/mol. The highest BCUT2D eigenvalue weighted by Gasteiger charge is 2.55. The molecule has 0 aromatic heterocycles. The molecule has 1 amide bonds. The molecule has 78 valence electrons. The molecule has 0 bridgehead atoms. The lowest BCUT2D eigenvalue weighted by Gasteiger charge is -2.34. The molecule has 2 aliphatic rings.